The predicted octanol–water partition coefficient (Wildman–Crippen LogP) is 2.66. The first kappa shape index (κ1) is 18.8. The number of carbonyl (C=O) groups is 2. The molecule has 0 aliphatic carbocycles. The van der Waals surface area contributed by atoms with Gasteiger partial charge in [-0.05, 0) is 13.3 Å². The van der Waals surface area contributed by atoms with Gasteiger partial charge in [0.1, 0.15) is 6.61 Å². The molecule has 0 aromatic carbocycles. The van der Waals surface area contributed by atoms with Gasteiger partial charge in [-0.3, -0.25) is 0 Å². The van der Waals surface area contributed by atoms with Gasteiger partial charge in [0.15, 0.2) is 0 Å². The molecule has 0 radical (unpaired) electrons. The first-order chi connectivity index (χ1) is 8.57. The Balaban J connectivity index is 0. The van der Waals surface area contributed by atoms with Gasteiger partial charge in [-0.1, -0.05) is 33.8 Å². The summed E-state index contributed by atoms with van der Waals surface area (Å²) in [5, 5.41) is 2.47. The summed E-state index contributed by atoms with van der Waals surface area (Å²) < 4.78 is 9.60. The van der Waals surface area contributed by atoms with Gasteiger partial charge in [0.05, 0.1) is 13.2 Å². The number of rotatable bonds is 7. The van der Waals surface area contributed by atoms with E-state index in [9.17, 15) is 9.59 Å². The van der Waals surface area contributed by atoms with Crippen molar-refractivity contribution in [1.29, 1.82) is 0 Å². The summed E-state index contributed by atoms with van der Waals surface area (Å²) in [7, 11) is 0. The Morgan fingerprint density at radius 1 is 1.17 bits per heavy atom. The van der Waals surface area contributed by atoms with Crippen LogP contribution in [0, 0.1) is 0 Å². The first-order valence-electron chi connectivity index (χ1n) is 6.31. The Morgan fingerprint density at radius 2 is 1.78 bits per heavy atom. The Bertz CT molecular complexity index is 251. The highest BCUT2D eigenvalue weighted by molar-refractivity contribution is 5.86. The average molecular weight is 259 g/mol. The minimum atomic E-state index is -0.486. The van der Waals surface area contributed by atoms with Crippen LogP contribution in [0.4, 0.5) is 4.79 Å². The maximum atomic E-state index is 11.0. The van der Waals surface area contributed by atoms with Gasteiger partial charge in [0.2, 0.25) is 0 Å². The number of amides is 1. The lowest BCUT2D eigenvalue weighted by atomic mass is 10.4. The molecule has 0 saturated carbocycles. The molecule has 0 unspecified atom stereocenters. The lowest BCUT2D eigenvalue weighted by Crippen LogP contribution is -2.29. The van der Waals surface area contributed by atoms with Crippen LogP contribution in [0.1, 0.15) is 40.5 Å². The van der Waals surface area contributed by atoms with Crippen LogP contribution in [0.15, 0.2) is 12.2 Å². The van der Waals surface area contributed by atoms with Gasteiger partial charge < -0.3 is 14.8 Å². The second-order valence-electron chi connectivity index (χ2n) is 3.33. The molecular weight excluding hydrogens is 234 g/mol. The summed E-state index contributed by atoms with van der Waals surface area (Å²) in [6.07, 6.45) is 1.33. The highest BCUT2D eigenvalue weighted by Crippen LogP contribution is 1.91. The maximum absolute atomic E-state index is 11.0. The number of nitrogens with one attached hydrogen (secondary N) is 1. The van der Waals surface area contributed by atoms with Gasteiger partial charge in [-0.25, -0.2) is 9.59 Å². The number of esters is 1. The topological polar surface area (TPSA) is 64.6 Å². The fraction of sp³-hybridized carbons (Fsp3) is 0.692. The number of carbonyl (C=O) groups excluding carboxylic acids is 2. The summed E-state index contributed by atoms with van der Waals surface area (Å²) in [4.78, 5) is 21.9. The van der Waals surface area contributed by atoms with E-state index in [0.29, 0.717) is 12.2 Å². The Labute approximate surface area is 110 Å². The molecule has 0 aromatic rings. The fourth-order valence-corrected chi connectivity index (χ4v) is 0.780. The van der Waals surface area contributed by atoms with Crippen molar-refractivity contribution < 1.29 is 19.1 Å². The smallest absolute Gasteiger partial charge is 0.407 e. The highest BCUT2D eigenvalue weighted by Gasteiger charge is 2.04. The number of alkyl carbamates (subject to hydrolysis) is 1. The summed E-state index contributed by atoms with van der Waals surface area (Å²) in [5.74, 6) is -0.457. The minimum Gasteiger partial charge on any atom is -0.460 e. The van der Waals surface area contributed by atoms with E-state index >= 15 is 0 Å². The number of ether oxygens (including phenoxy) is 2. The van der Waals surface area contributed by atoms with Crippen molar-refractivity contribution in [2.45, 2.75) is 40.5 Å². The van der Waals surface area contributed by atoms with Crippen LogP contribution in [-0.4, -0.2) is 31.8 Å². The average Bonchev–Trinajstić information content (AvgIpc) is 2.37. The molecule has 18 heavy (non-hydrogen) atoms. The van der Waals surface area contributed by atoms with Gasteiger partial charge in [-0.15, -0.1) is 0 Å². The van der Waals surface area contributed by atoms with E-state index in [1.807, 2.05) is 20.8 Å². The minimum absolute atomic E-state index is 0.120. The second-order valence-corrected chi connectivity index (χ2v) is 3.33. The highest BCUT2D eigenvalue weighted by atomic mass is 16.6. The summed E-state index contributed by atoms with van der Waals surface area (Å²) in [6.45, 7) is 11.8. The van der Waals surface area contributed by atoms with Crippen molar-refractivity contribution in [3.63, 3.8) is 0 Å². The van der Waals surface area contributed by atoms with E-state index in [1.54, 1.807) is 6.92 Å². The van der Waals surface area contributed by atoms with E-state index in [4.69, 9.17) is 9.47 Å². The molecule has 1 amide bonds. The Morgan fingerprint density at radius 3 is 2.28 bits per heavy atom. The second kappa shape index (κ2) is 13.5. The number of unbranched alkanes of at least 4 members (excludes halogenated alkanes) is 1. The van der Waals surface area contributed by atoms with Crippen LogP contribution < -0.4 is 5.32 Å². The van der Waals surface area contributed by atoms with E-state index in [1.165, 1.54) is 0 Å². The Hall–Kier alpha value is -1.52. The van der Waals surface area contributed by atoms with E-state index < -0.39 is 12.1 Å². The zero-order valence-corrected chi connectivity index (χ0v) is 11.9. The molecule has 0 rings (SSSR count). The van der Waals surface area contributed by atoms with Gasteiger partial charge in [0.25, 0.3) is 0 Å². The van der Waals surface area contributed by atoms with Crippen molar-refractivity contribution in [2.75, 3.05) is 19.8 Å². The normalized spacial score (nSPS) is 8.67. The monoisotopic (exact) mass is 259 g/mol. The van der Waals surface area contributed by atoms with Crippen molar-refractivity contribution in [1.82, 2.24) is 5.32 Å². The van der Waals surface area contributed by atoms with Gasteiger partial charge in [0, 0.05) is 5.57 Å². The summed E-state index contributed by atoms with van der Waals surface area (Å²) >= 11 is 0. The molecule has 0 saturated heterocycles. The van der Waals surface area contributed by atoms with Crippen molar-refractivity contribution >= 4 is 12.1 Å². The summed E-state index contributed by atoms with van der Waals surface area (Å²) in [5.41, 5.74) is 0.338. The van der Waals surface area contributed by atoms with Gasteiger partial charge in [-0.2, -0.15) is 0 Å². The van der Waals surface area contributed by atoms with Crippen LogP contribution in [0.25, 0.3) is 0 Å². The fourth-order valence-electron chi connectivity index (χ4n) is 0.780. The van der Waals surface area contributed by atoms with Crippen molar-refractivity contribution in [3.05, 3.63) is 12.2 Å². The van der Waals surface area contributed by atoms with Gasteiger partial charge >= 0.3 is 12.1 Å². The molecular formula is C13H25NO4. The molecule has 1 N–H and O–H groups in total. The SMILES string of the molecule is C=C(C)C(=O)OCCNC(=O)OCCCC.CC. The first-order valence-corrected chi connectivity index (χ1v) is 6.31. The number of hydrogen-bond donors (Lipinski definition) is 1. The van der Waals surface area contributed by atoms with Crippen LogP contribution in [0.5, 0.6) is 0 Å². The lowest BCUT2D eigenvalue weighted by molar-refractivity contribution is -0.138. The van der Waals surface area contributed by atoms with Crippen LogP contribution in [-0.2, 0) is 14.3 Å². The van der Waals surface area contributed by atoms with Crippen LogP contribution in [0.3, 0.4) is 0 Å². The van der Waals surface area contributed by atoms with Crippen molar-refractivity contribution in [3.8, 4) is 0 Å². The van der Waals surface area contributed by atoms with E-state index in [2.05, 4.69) is 11.9 Å². The molecule has 0 heterocycles. The molecule has 106 valence electrons. The predicted molar refractivity (Wildman–Crippen MR) is 71.4 cm³/mol. The van der Waals surface area contributed by atoms with Crippen LogP contribution >= 0.6 is 0 Å². The summed E-state index contributed by atoms with van der Waals surface area (Å²) in [6, 6.07) is 0. The maximum Gasteiger partial charge on any atom is 0.407 e. The molecule has 0 atom stereocenters. The molecule has 0 spiro atoms. The molecule has 0 aliphatic heterocycles. The van der Waals surface area contributed by atoms with Crippen LogP contribution in [0.2, 0.25) is 0 Å². The number of hydrogen-bond acceptors (Lipinski definition) is 4. The quantitative estimate of drug-likeness (QED) is 0.433. The standard InChI is InChI=1S/C11H19NO4.C2H6/c1-4-5-7-16-11(14)12-6-8-15-10(13)9(2)3;1-2/h2,4-8H2,1,3H3,(H,12,14);1-2H3. The molecule has 0 aromatic heterocycles. The molecule has 0 bridgehead atoms. The van der Waals surface area contributed by atoms with E-state index in [-0.39, 0.29) is 13.2 Å². The largest absolute Gasteiger partial charge is 0.460 e. The lowest BCUT2D eigenvalue weighted by Gasteiger charge is -2.07. The Kier molecular flexibility index (Phi) is 14.2. The molecule has 5 nitrogen and oxygen atoms in total. The zero-order chi connectivity index (χ0) is 14.4. The van der Waals surface area contributed by atoms with E-state index in [0.717, 1.165) is 12.8 Å². The molecule has 5 heteroatoms. The third-order valence-electron chi connectivity index (χ3n) is 1.68. The van der Waals surface area contributed by atoms with Crippen molar-refractivity contribution in [2.24, 2.45) is 0 Å². The zero-order valence-electron chi connectivity index (χ0n) is 11.9. The molecule has 0 fully saturated rings. The molecule has 0 aliphatic rings. The third-order valence-corrected chi connectivity index (χ3v) is 1.68. The third kappa shape index (κ3) is 12.5.